The molecule has 3 heterocycles. The first-order valence-corrected chi connectivity index (χ1v) is 10.9. The first-order valence-electron chi connectivity index (χ1n) is 10.9. The molecular weight excluding hydrogens is 385 g/mol. The second-order valence-electron chi connectivity index (χ2n) is 8.81. The lowest BCUT2D eigenvalue weighted by atomic mass is 9.97. The molecule has 30 heavy (non-hydrogen) atoms. The third-order valence-corrected chi connectivity index (χ3v) is 6.59. The maximum absolute atomic E-state index is 13.5. The van der Waals surface area contributed by atoms with Crippen LogP contribution in [0.2, 0.25) is 0 Å². The monoisotopic (exact) mass is 411 g/mol. The van der Waals surface area contributed by atoms with Crippen LogP contribution in [-0.4, -0.2) is 40.0 Å². The summed E-state index contributed by atoms with van der Waals surface area (Å²) >= 11 is 0. The highest BCUT2D eigenvalue weighted by atomic mass is 19.1. The molecule has 3 fully saturated rings. The smallest absolute Gasteiger partial charge is 0.276 e. The van der Waals surface area contributed by atoms with Crippen LogP contribution in [0.25, 0.3) is 0 Å². The predicted octanol–water partition coefficient (Wildman–Crippen LogP) is 3.58. The summed E-state index contributed by atoms with van der Waals surface area (Å²) in [7, 11) is 0. The summed E-state index contributed by atoms with van der Waals surface area (Å²) in [5, 5.41) is 7.21. The number of hydrogen-bond acceptors (Lipinski definition) is 4. The van der Waals surface area contributed by atoms with Gasteiger partial charge in [-0.2, -0.15) is 0 Å². The van der Waals surface area contributed by atoms with E-state index in [1.54, 1.807) is 18.2 Å². The minimum atomic E-state index is -0.276. The number of halogens is 1. The molecule has 1 aliphatic carbocycles. The van der Waals surface area contributed by atoms with Crippen LogP contribution < -0.4 is 5.32 Å². The van der Waals surface area contributed by atoms with Crippen molar-refractivity contribution in [3.8, 4) is 0 Å². The number of amides is 2. The number of carbonyl (C=O) groups is 2. The van der Waals surface area contributed by atoms with E-state index in [2.05, 4.69) is 10.5 Å². The molecule has 7 heteroatoms. The van der Waals surface area contributed by atoms with Gasteiger partial charge in [0.2, 0.25) is 5.91 Å². The van der Waals surface area contributed by atoms with E-state index >= 15 is 0 Å². The molecule has 6 nitrogen and oxygen atoms in total. The summed E-state index contributed by atoms with van der Waals surface area (Å²) in [4.78, 5) is 27.7. The number of aromatic nitrogens is 1. The molecule has 5 rings (SSSR count). The van der Waals surface area contributed by atoms with Gasteiger partial charge in [0.05, 0.1) is 12.1 Å². The van der Waals surface area contributed by atoms with Crippen LogP contribution >= 0.6 is 0 Å². The number of benzene rings is 1. The second kappa shape index (κ2) is 7.85. The quantitative estimate of drug-likeness (QED) is 0.835. The fraction of sp³-hybridized carbons (Fsp3) is 0.522. The fourth-order valence-electron chi connectivity index (χ4n) is 4.92. The molecule has 2 aromatic rings. The lowest BCUT2D eigenvalue weighted by molar-refractivity contribution is -0.122. The number of carbonyl (C=O) groups excluding carboxylic acids is 2. The molecule has 1 saturated carbocycles. The van der Waals surface area contributed by atoms with Gasteiger partial charge in [0.1, 0.15) is 11.6 Å². The third kappa shape index (κ3) is 3.85. The van der Waals surface area contributed by atoms with Crippen LogP contribution in [0, 0.1) is 5.82 Å². The van der Waals surface area contributed by atoms with Crippen molar-refractivity contribution in [2.75, 3.05) is 0 Å². The van der Waals surface area contributed by atoms with Gasteiger partial charge < -0.3 is 14.7 Å². The average molecular weight is 411 g/mol. The summed E-state index contributed by atoms with van der Waals surface area (Å²) < 4.78 is 18.8. The van der Waals surface area contributed by atoms with E-state index in [4.69, 9.17) is 4.52 Å². The molecule has 1 N–H and O–H groups in total. The Morgan fingerprint density at radius 2 is 2.00 bits per heavy atom. The first-order chi connectivity index (χ1) is 14.6. The van der Waals surface area contributed by atoms with E-state index in [-0.39, 0.29) is 35.8 Å². The molecule has 0 radical (unpaired) electrons. The van der Waals surface area contributed by atoms with E-state index in [0.717, 1.165) is 43.4 Å². The molecule has 3 aliphatic rings. The van der Waals surface area contributed by atoms with Crippen LogP contribution in [0.3, 0.4) is 0 Å². The lowest BCUT2D eigenvalue weighted by Gasteiger charge is -2.32. The molecule has 1 aromatic carbocycles. The van der Waals surface area contributed by atoms with Crippen LogP contribution in [-0.2, 0) is 11.2 Å². The van der Waals surface area contributed by atoms with Gasteiger partial charge in [-0.3, -0.25) is 9.59 Å². The topological polar surface area (TPSA) is 75.4 Å². The summed E-state index contributed by atoms with van der Waals surface area (Å²) in [5.41, 5.74) is 1.31. The van der Waals surface area contributed by atoms with Crippen molar-refractivity contribution in [1.29, 1.82) is 0 Å². The normalized spacial score (nSPS) is 26.6. The zero-order valence-electron chi connectivity index (χ0n) is 16.9. The standard InChI is InChI=1S/C23H26FN3O3/c24-16-9-5-14(6-10-16)11-17-12-18-20(3-1-2-4-22(28)25-18)27(17)23(29)19-13-21(30-26-19)15-7-8-15/h5-6,9-10,13,15,17-18,20H,1-4,7-8,11-12H2,(H,25,28)/t17-,18+,20-/m1/s1. The van der Waals surface area contributed by atoms with Gasteiger partial charge in [0, 0.05) is 24.4 Å². The Morgan fingerprint density at radius 3 is 2.77 bits per heavy atom. The Hall–Kier alpha value is -2.70. The second-order valence-corrected chi connectivity index (χ2v) is 8.81. The molecule has 0 unspecified atom stereocenters. The van der Waals surface area contributed by atoms with E-state index < -0.39 is 0 Å². The number of rotatable bonds is 4. The predicted molar refractivity (Wildman–Crippen MR) is 107 cm³/mol. The highest BCUT2D eigenvalue weighted by Crippen LogP contribution is 2.40. The van der Waals surface area contributed by atoms with Crippen molar-refractivity contribution in [2.45, 2.75) is 75.4 Å². The number of fused-ring (bicyclic) bond motifs is 1. The minimum absolute atomic E-state index is 0.0528. The molecule has 1 aromatic heterocycles. The van der Waals surface area contributed by atoms with Crippen molar-refractivity contribution in [3.05, 3.63) is 53.2 Å². The lowest BCUT2D eigenvalue weighted by Crippen LogP contribution is -2.49. The van der Waals surface area contributed by atoms with Gasteiger partial charge >= 0.3 is 0 Å². The number of likely N-dealkylation sites (tertiary alicyclic amines) is 1. The molecule has 2 saturated heterocycles. The first kappa shape index (κ1) is 19.3. The number of nitrogens with one attached hydrogen (secondary N) is 1. The largest absolute Gasteiger partial charge is 0.360 e. The molecule has 2 aliphatic heterocycles. The van der Waals surface area contributed by atoms with Gasteiger partial charge in [-0.25, -0.2) is 4.39 Å². The van der Waals surface area contributed by atoms with E-state index in [0.29, 0.717) is 30.9 Å². The van der Waals surface area contributed by atoms with Gasteiger partial charge in [0.25, 0.3) is 5.91 Å². The Balaban J connectivity index is 1.43. The minimum Gasteiger partial charge on any atom is -0.360 e. The molecule has 2 amide bonds. The SMILES string of the molecule is O=C1CCCC[C@@H]2[C@H](C[C@@H](Cc3ccc(F)cc3)N2C(=O)c2cc(C3CC3)on2)N1. The maximum atomic E-state index is 13.5. The Bertz CT molecular complexity index is 937. The zero-order chi connectivity index (χ0) is 20.7. The molecule has 0 bridgehead atoms. The van der Waals surface area contributed by atoms with Crippen molar-refractivity contribution in [2.24, 2.45) is 0 Å². The van der Waals surface area contributed by atoms with Crippen molar-refractivity contribution < 1.29 is 18.5 Å². The highest BCUT2D eigenvalue weighted by Gasteiger charge is 2.45. The van der Waals surface area contributed by atoms with E-state index in [1.165, 1.54) is 12.1 Å². The van der Waals surface area contributed by atoms with E-state index in [9.17, 15) is 14.0 Å². The van der Waals surface area contributed by atoms with Gasteiger partial charge in [0.15, 0.2) is 5.69 Å². The molecule has 3 atom stereocenters. The van der Waals surface area contributed by atoms with Crippen molar-refractivity contribution in [1.82, 2.24) is 15.4 Å². The van der Waals surface area contributed by atoms with Crippen molar-refractivity contribution >= 4 is 11.8 Å². The molecule has 158 valence electrons. The summed E-state index contributed by atoms with van der Waals surface area (Å²) in [6, 6.07) is 7.98. The molecule has 0 spiro atoms. The average Bonchev–Trinajstić information content (AvgIpc) is 3.36. The van der Waals surface area contributed by atoms with Gasteiger partial charge in [-0.1, -0.05) is 23.7 Å². The van der Waals surface area contributed by atoms with Gasteiger partial charge in [-0.15, -0.1) is 0 Å². The van der Waals surface area contributed by atoms with Crippen LogP contribution in [0.1, 0.15) is 72.7 Å². The van der Waals surface area contributed by atoms with Gasteiger partial charge in [-0.05, 0) is 56.2 Å². The van der Waals surface area contributed by atoms with E-state index in [1.807, 2.05) is 4.90 Å². The number of hydrogen-bond donors (Lipinski definition) is 1. The summed E-state index contributed by atoms with van der Waals surface area (Å²) in [5.74, 6) is 0.815. The Labute approximate surface area is 174 Å². The van der Waals surface area contributed by atoms with Crippen molar-refractivity contribution in [3.63, 3.8) is 0 Å². The maximum Gasteiger partial charge on any atom is 0.276 e. The van der Waals surface area contributed by atoms with Crippen LogP contribution in [0.4, 0.5) is 4.39 Å². The summed E-state index contributed by atoms with van der Waals surface area (Å²) in [6.45, 7) is 0. The molecular formula is C23H26FN3O3. The summed E-state index contributed by atoms with van der Waals surface area (Å²) in [6.07, 6.45) is 6.59. The Morgan fingerprint density at radius 1 is 1.20 bits per heavy atom. The third-order valence-electron chi connectivity index (χ3n) is 6.59. The number of nitrogens with zero attached hydrogens (tertiary/aromatic N) is 2. The highest BCUT2D eigenvalue weighted by molar-refractivity contribution is 5.93. The fourth-order valence-corrected chi connectivity index (χ4v) is 4.92. The zero-order valence-corrected chi connectivity index (χ0v) is 16.9. The van der Waals surface area contributed by atoms with Crippen LogP contribution in [0.15, 0.2) is 34.9 Å². The Kier molecular flexibility index (Phi) is 5.05. The van der Waals surface area contributed by atoms with Crippen LogP contribution in [0.5, 0.6) is 0 Å².